The van der Waals surface area contributed by atoms with Crippen molar-refractivity contribution >= 4 is 57.3 Å². The van der Waals surface area contributed by atoms with Gasteiger partial charge in [-0.15, -0.1) is 0 Å². The minimum Gasteiger partial charge on any atom is -0.456 e. The predicted octanol–water partition coefficient (Wildman–Crippen LogP) is 13.4. The molecule has 0 aromatic heterocycles. The molecular weight excluding hydrogens is 619 g/mol. The van der Waals surface area contributed by atoms with Crippen LogP contribution < -0.4 is 14.5 Å². The minimum atomic E-state index is 0.484. The van der Waals surface area contributed by atoms with Crippen molar-refractivity contribution in [2.45, 2.75) is 0 Å². The molecule has 0 amide bonds. The van der Waals surface area contributed by atoms with Crippen LogP contribution in [0.2, 0.25) is 10.0 Å². The lowest BCUT2D eigenvalue weighted by Gasteiger charge is -2.28. The van der Waals surface area contributed by atoms with E-state index < -0.39 is 0 Å². The molecule has 0 aliphatic rings. The highest BCUT2D eigenvalue weighted by molar-refractivity contribution is 6.36. The van der Waals surface area contributed by atoms with Gasteiger partial charge in [0.25, 0.3) is 0 Å². The predicted molar refractivity (Wildman–Crippen MR) is 198 cm³/mol. The maximum Gasteiger partial charge on any atom is 0.148 e. The van der Waals surface area contributed by atoms with Crippen molar-refractivity contribution in [1.82, 2.24) is 0 Å². The largest absolute Gasteiger partial charge is 0.456 e. The Morgan fingerprint density at radius 2 is 0.851 bits per heavy atom. The summed E-state index contributed by atoms with van der Waals surface area (Å²) in [6.45, 7) is 0. The van der Waals surface area contributed by atoms with Gasteiger partial charge in [0.2, 0.25) is 0 Å². The Bertz CT molecular complexity index is 2000. The maximum atomic E-state index is 7.25. The van der Waals surface area contributed by atoms with E-state index in [1.807, 2.05) is 115 Å². The molecular formula is C42H30Cl2N2O. The van der Waals surface area contributed by atoms with E-state index in [-0.39, 0.29) is 0 Å². The van der Waals surface area contributed by atoms with Crippen LogP contribution in [0.25, 0.3) is 11.1 Å². The van der Waals surface area contributed by atoms with Gasteiger partial charge in [-0.1, -0.05) is 120 Å². The Hall–Kier alpha value is -5.48. The zero-order chi connectivity index (χ0) is 32.0. The van der Waals surface area contributed by atoms with E-state index in [0.29, 0.717) is 21.5 Å². The molecule has 0 atom stereocenters. The molecule has 0 unspecified atom stereocenters. The molecule has 7 rings (SSSR count). The lowest BCUT2D eigenvalue weighted by molar-refractivity contribution is 0.483. The Balaban J connectivity index is 1.39. The molecule has 0 aliphatic heterocycles. The van der Waals surface area contributed by atoms with Crippen LogP contribution in [0.5, 0.6) is 11.5 Å². The first-order chi connectivity index (χ1) is 23.2. The van der Waals surface area contributed by atoms with Gasteiger partial charge in [-0.25, -0.2) is 0 Å². The summed E-state index contributed by atoms with van der Waals surface area (Å²) >= 11 is 14.4. The second-order valence-corrected chi connectivity index (χ2v) is 11.7. The first-order valence-electron chi connectivity index (χ1n) is 15.3. The number of halogens is 2. The van der Waals surface area contributed by atoms with Crippen LogP contribution >= 0.6 is 23.2 Å². The van der Waals surface area contributed by atoms with Gasteiger partial charge < -0.3 is 14.5 Å². The standard InChI is InChI=1S/C42H30Cl2N2O/c43-39-30-36(45(32-16-6-1-7-17-32)33-18-8-2-9-19-33)26-27-38(39)31-28-40(42(44)41(29-31)47-37-24-14-5-15-25-37)46(34-20-10-3-11-21-34)35-22-12-4-13-23-35/h1-30H. The lowest BCUT2D eigenvalue weighted by Crippen LogP contribution is -2.11. The van der Waals surface area contributed by atoms with Crippen LogP contribution in [0, 0.1) is 0 Å². The Morgan fingerprint density at radius 3 is 1.32 bits per heavy atom. The zero-order valence-corrected chi connectivity index (χ0v) is 26.9. The molecule has 0 radical (unpaired) electrons. The molecule has 0 fully saturated rings. The molecule has 0 bridgehead atoms. The van der Waals surface area contributed by atoms with E-state index in [1.54, 1.807) is 0 Å². The van der Waals surface area contributed by atoms with Crippen molar-refractivity contribution in [1.29, 1.82) is 0 Å². The van der Waals surface area contributed by atoms with Crippen molar-refractivity contribution in [2.75, 3.05) is 9.80 Å². The van der Waals surface area contributed by atoms with Gasteiger partial charge in [0, 0.05) is 34.0 Å². The zero-order valence-electron chi connectivity index (χ0n) is 25.4. The van der Waals surface area contributed by atoms with Crippen LogP contribution in [-0.2, 0) is 0 Å². The van der Waals surface area contributed by atoms with E-state index in [9.17, 15) is 0 Å². The molecule has 0 spiro atoms. The van der Waals surface area contributed by atoms with Crippen molar-refractivity contribution < 1.29 is 4.74 Å². The molecule has 7 aromatic carbocycles. The third-order valence-electron chi connectivity index (χ3n) is 7.81. The molecule has 0 saturated carbocycles. The summed E-state index contributed by atoms with van der Waals surface area (Å²) < 4.78 is 6.44. The van der Waals surface area contributed by atoms with E-state index in [0.717, 1.165) is 45.3 Å². The highest BCUT2D eigenvalue weighted by Crippen LogP contribution is 2.48. The number of nitrogens with zero attached hydrogens (tertiary/aromatic N) is 2. The van der Waals surface area contributed by atoms with E-state index in [2.05, 4.69) is 76.5 Å². The number of anilines is 6. The highest BCUT2D eigenvalue weighted by atomic mass is 35.5. The third kappa shape index (κ3) is 6.59. The minimum absolute atomic E-state index is 0.484. The number of para-hydroxylation sites is 5. The fourth-order valence-electron chi connectivity index (χ4n) is 5.65. The summed E-state index contributed by atoms with van der Waals surface area (Å²) in [7, 11) is 0. The van der Waals surface area contributed by atoms with E-state index in [4.69, 9.17) is 27.9 Å². The average molecular weight is 650 g/mol. The molecule has 0 saturated heterocycles. The van der Waals surface area contributed by atoms with Gasteiger partial charge in [-0.3, -0.25) is 0 Å². The fraction of sp³-hybridized carbons (Fsp3) is 0. The van der Waals surface area contributed by atoms with Crippen molar-refractivity contribution in [2.24, 2.45) is 0 Å². The fourth-order valence-corrected chi connectivity index (χ4v) is 6.17. The number of hydrogen-bond acceptors (Lipinski definition) is 3. The number of rotatable bonds is 9. The molecule has 47 heavy (non-hydrogen) atoms. The van der Waals surface area contributed by atoms with Gasteiger partial charge in [0.15, 0.2) is 0 Å². The molecule has 0 aliphatic carbocycles. The summed E-state index contributed by atoms with van der Waals surface area (Å²) in [6, 6.07) is 60.8. The Kier molecular flexibility index (Phi) is 8.92. The number of hydrogen-bond donors (Lipinski definition) is 0. The second kappa shape index (κ2) is 13.9. The molecule has 0 heterocycles. The van der Waals surface area contributed by atoms with Crippen molar-refractivity contribution in [3.63, 3.8) is 0 Å². The molecule has 7 aromatic rings. The topological polar surface area (TPSA) is 15.7 Å². The average Bonchev–Trinajstić information content (AvgIpc) is 3.12. The highest BCUT2D eigenvalue weighted by Gasteiger charge is 2.22. The van der Waals surface area contributed by atoms with Crippen LogP contribution in [0.15, 0.2) is 182 Å². The Morgan fingerprint density at radius 1 is 0.404 bits per heavy atom. The summed E-state index contributed by atoms with van der Waals surface area (Å²) in [6.07, 6.45) is 0. The van der Waals surface area contributed by atoms with Crippen LogP contribution in [0.1, 0.15) is 0 Å². The third-order valence-corrected chi connectivity index (χ3v) is 8.50. The summed E-state index contributed by atoms with van der Waals surface area (Å²) in [5, 5.41) is 1.08. The van der Waals surface area contributed by atoms with Crippen LogP contribution in [-0.4, -0.2) is 0 Å². The van der Waals surface area contributed by atoms with Gasteiger partial charge in [-0.2, -0.15) is 0 Å². The van der Waals surface area contributed by atoms with Crippen molar-refractivity contribution in [3.8, 4) is 22.6 Å². The van der Waals surface area contributed by atoms with Crippen molar-refractivity contribution in [3.05, 3.63) is 192 Å². The van der Waals surface area contributed by atoms with Crippen LogP contribution in [0.3, 0.4) is 0 Å². The van der Waals surface area contributed by atoms with Crippen LogP contribution in [0.4, 0.5) is 34.1 Å². The summed E-state index contributed by atoms with van der Waals surface area (Å²) in [5.74, 6) is 1.21. The molecule has 228 valence electrons. The summed E-state index contributed by atoms with van der Waals surface area (Å²) in [4.78, 5) is 4.33. The number of benzene rings is 7. The lowest BCUT2D eigenvalue weighted by atomic mass is 10.0. The van der Waals surface area contributed by atoms with Gasteiger partial charge in [0.1, 0.15) is 16.5 Å². The SMILES string of the molecule is Clc1cc(N(c2ccccc2)c2ccccc2)ccc1-c1cc(Oc2ccccc2)c(Cl)c(N(c2ccccc2)c2ccccc2)c1. The van der Waals surface area contributed by atoms with Gasteiger partial charge in [-0.05, 0) is 90.5 Å². The Labute approximate surface area is 285 Å². The van der Waals surface area contributed by atoms with E-state index >= 15 is 0 Å². The van der Waals surface area contributed by atoms with E-state index in [1.165, 1.54) is 0 Å². The summed E-state index contributed by atoms with van der Waals surface area (Å²) in [5.41, 5.74) is 7.44. The normalized spacial score (nSPS) is 10.8. The monoisotopic (exact) mass is 648 g/mol. The molecule has 0 N–H and O–H groups in total. The molecule has 5 heteroatoms. The molecule has 3 nitrogen and oxygen atoms in total. The van der Waals surface area contributed by atoms with Gasteiger partial charge >= 0.3 is 0 Å². The maximum absolute atomic E-state index is 7.25. The number of ether oxygens (including phenoxy) is 1. The quantitative estimate of drug-likeness (QED) is 0.155. The first-order valence-corrected chi connectivity index (χ1v) is 16.1. The smallest absolute Gasteiger partial charge is 0.148 e. The van der Waals surface area contributed by atoms with Gasteiger partial charge in [0.05, 0.1) is 10.7 Å². The second-order valence-electron chi connectivity index (χ2n) is 10.9. The first kappa shape index (κ1) is 30.2.